The number of hydrogen-bond donors (Lipinski definition) is 2. The number of benzene rings is 2. The van der Waals surface area contributed by atoms with Gasteiger partial charge in [-0.1, -0.05) is 17.7 Å². The van der Waals surface area contributed by atoms with Crippen LogP contribution >= 0.6 is 23.4 Å². The van der Waals surface area contributed by atoms with Gasteiger partial charge < -0.3 is 14.8 Å². The van der Waals surface area contributed by atoms with Crippen LogP contribution < -0.4 is 5.32 Å². The second-order valence-electron chi connectivity index (χ2n) is 6.16. The molecule has 1 aliphatic rings. The van der Waals surface area contributed by atoms with E-state index in [9.17, 15) is 14.0 Å². The zero-order valence-corrected chi connectivity index (χ0v) is 16.6. The third-order valence-corrected chi connectivity index (χ3v) is 5.31. The number of nitrogens with one attached hydrogen (secondary N) is 1. The van der Waals surface area contributed by atoms with Crippen LogP contribution in [0.2, 0.25) is 5.02 Å². The molecule has 1 saturated heterocycles. The largest absolute Gasteiger partial charge is 0.478 e. The lowest BCUT2D eigenvalue weighted by Crippen LogP contribution is -2.19. The maximum Gasteiger partial charge on any atom is 0.337 e. The number of aromatic carboxylic acids is 1. The van der Waals surface area contributed by atoms with Gasteiger partial charge in [0.25, 0.3) is 5.91 Å². The number of carbonyl (C=O) groups excluding carboxylic acids is 1. The third kappa shape index (κ3) is 4.29. The number of furan rings is 1. The van der Waals surface area contributed by atoms with Crippen molar-refractivity contribution in [2.75, 3.05) is 0 Å². The smallest absolute Gasteiger partial charge is 0.337 e. The molecule has 0 atom stereocenters. The molecule has 4 rings (SSSR count). The van der Waals surface area contributed by atoms with Crippen molar-refractivity contribution < 1.29 is 23.5 Å². The monoisotopic (exact) mass is 442 g/mol. The minimum atomic E-state index is -1.11. The number of amides is 1. The number of carboxylic acids is 1. The molecule has 1 aromatic heterocycles. The van der Waals surface area contributed by atoms with Crippen molar-refractivity contribution in [2.45, 2.75) is 0 Å². The van der Waals surface area contributed by atoms with Gasteiger partial charge in [-0.05, 0) is 60.3 Å². The van der Waals surface area contributed by atoms with Crippen LogP contribution in [-0.2, 0) is 4.79 Å². The summed E-state index contributed by atoms with van der Waals surface area (Å²) >= 11 is 7.14. The first kappa shape index (κ1) is 19.9. The average molecular weight is 443 g/mol. The Morgan fingerprint density at radius 3 is 2.63 bits per heavy atom. The van der Waals surface area contributed by atoms with Gasteiger partial charge in [0, 0.05) is 11.6 Å². The highest BCUT2D eigenvalue weighted by molar-refractivity contribution is 8.18. The lowest BCUT2D eigenvalue weighted by molar-refractivity contribution is -0.115. The number of carbonyl (C=O) groups is 2. The van der Waals surface area contributed by atoms with Crippen LogP contribution in [0.4, 0.5) is 10.1 Å². The quantitative estimate of drug-likeness (QED) is 0.533. The average Bonchev–Trinajstić information content (AvgIpc) is 3.30. The van der Waals surface area contributed by atoms with E-state index in [-0.39, 0.29) is 22.3 Å². The van der Waals surface area contributed by atoms with E-state index in [1.807, 2.05) is 0 Å². The second-order valence-corrected chi connectivity index (χ2v) is 7.60. The Labute approximate surface area is 179 Å². The van der Waals surface area contributed by atoms with Gasteiger partial charge in [-0.25, -0.2) is 14.2 Å². The van der Waals surface area contributed by atoms with E-state index in [1.54, 1.807) is 24.3 Å². The van der Waals surface area contributed by atoms with Crippen molar-refractivity contribution in [3.05, 3.63) is 81.7 Å². The Hall–Kier alpha value is -3.36. The highest BCUT2D eigenvalue weighted by Crippen LogP contribution is 2.31. The lowest BCUT2D eigenvalue weighted by Gasteiger charge is -2.01. The van der Waals surface area contributed by atoms with E-state index in [4.69, 9.17) is 21.1 Å². The van der Waals surface area contributed by atoms with E-state index < -0.39 is 5.97 Å². The summed E-state index contributed by atoms with van der Waals surface area (Å²) in [5.41, 5.74) is 1.13. The summed E-state index contributed by atoms with van der Waals surface area (Å²) in [4.78, 5) is 27.9. The fraction of sp³-hybridized carbons (Fsp3) is 0. The first-order valence-corrected chi connectivity index (χ1v) is 9.77. The molecule has 1 aliphatic heterocycles. The number of hydrogen-bond acceptors (Lipinski definition) is 5. The predicted molar refractivity (Wildman–Crippen MR) is 113 cm³/mol. The van der Waals surface area contributed by atoms with Gasteiger partial charge >= 0.3 is 5.97 Å². The SMILES string of the molecule is O=C1NC(=Nc2ccc(F)cc2)S/C1=C/c1ccc(-c2ccc(C(=O)O)c(Cl)c2)o1. The molecule has 3 aromatic rings. The van der Waals surface area contributed by atoms with Gasteiger partial charge in [0.05, 0.1) is 21.2 Å². The zero-order valence-electron chi connectivity index (χ0n) is 15.1. The van der Waals surface area contributed by atoms with Gasteiger partial charge in [-0.2, -0.15) is 0 Å². The van der Waals surface area contributed by atoms with E-state index >= 15 is 0 Å². The Bertz CT molecular complexity index is 1220. The standard InChI is InChI=1S/C21H12ClFN2O4S/c22-16-9-11(1-7-15(16)20(27)28)17-8-6-14(29-17)10-18-19(26)25-21(30-18)24-13-4-2-12(23)3-5-13/h1-10H,(H,27,28)(H,24,25,26)/b18-10+. The molecule has 0 saturated carbocycles. The molecule has 2 N–H and O–H groups in total. The topological polar surface area (TPSA) is 91.9 Å². The Kier molecular flexibility index (Phi) is 5.43. The molecule has 0 bridgehead atoms. The Balaban J connectivity index is 1.54. The maximum atomic E-state index is 13.0. The fourth-order valence-electron chi connectivity index (χ4n) is 2.67. The molecule has 2 heterocycles. The third-order valence-electron chi connectivity index (χ3n) is 4.09. The molecule has 150 valence electrons. The van der Waals surface area contributed by atoms with Gasteiger partial charge in [-0.3, -0.25) is 4.79 Å². The van der Waals surface area contributed by atoms with Gasteiger partial charge in [-0.15, -0.1) is 0 Å². The van der Waals surface area contributed by atoms with Crippen molar-refractivity contribution in [3.63, 3.8) is 0 Å². The number of amidine groups is 1. The number of carboxylic acid groups (broad SMARTS) is 1. The van der Waals surface area contributed by atoms with Gasteiger partial charge in [0.2, 0.25) is 0 Å². The van der Waals surface area contributed by atoms with E-state index in [0.29, 0.717) is 32.8 Å². The van der Waals surface area contributed by atoms with Crippen molar-refractivity contribution >= 4 is 52.2 Å². The van der Waals surface area contributed by atoms with Crippen LogP contribution in [-0.4, -0.2) is 22.2 Å². The zero-order chi connectivity index (χ0) is 21.3. The van der Waals surface area contributed by atoms with E-state index in [2.05, 4.69) is 10.3 Å². The minimum Gasteiger partial charge on any atom is -0.478 e. The maximum absolute atomic E-state index is 13.0. The number of rotatable bonds is 4. The van der Waals surface area contributed by atoms with E-state index in [1.165, 1.54) is 36.4 Å². The highest BCUT2D eigenvalue weighted by Gasteiger charge is 2.24. The van der Waals surface area contributed by atoms with Crippen molar-refractivity contribution in [3.8, 4) is 11.3 Å². The predicted octanol–water partition coefficient (Wildman–Crippen LogP) is 5.33. The number of thioether (sulfide) groups is 1. The summed E-state index contributed by atoms with van der Waals surface area (Å²) in [7, 11) is 0. The van der Waals surface area contributed by atoms with Crippen LogP contribution in [0.25, 0.3) is 17.4 Å². The summed E-state index contributed by atoms with van der Waals surface area (Å²) in [5.74, 6) is -0.893. The molecule has 9 heteroatoms. The molecule has 30 heavy (non-hydrogen) atoms. The molecule has 0 aliphatic carbocycles. The molecule has 0 spiro atoms. The molecular weight excluding hydrogens is 431 g/mol. The summed E-state index contributed by atoms with van der Waals surface area (Å²) in [5, 5.41) is 12.2. The van der Waals surface area contributed by atoms with Crippen molar-refractivity contribution in [1.29, 1.82) is 0 Å². The molecule has 0 unspecified atom stereocenters. The molecular formula is C21H12ClFN2O4S. The minimum absolute atomic E-state index is 0.00121. The summed E-state index contributed by atoms with van der Waals surface area (Å²) < 4.78 is 18.7. The number of nitrogens with zero attached hydrogens (tertiary/aromatic N) is 1. The van der Waals surface area contributed by atoms with E-state index in [0.717, 1.165) is 11.8 Å². The highest BCUT2D eigenvalue weighted by atomic mass is 35.5. The van der Waals surface area contributed by atoms with Crippen LogP contribution in [0.1, 0.15) is 16.1 Å². The fourth-order valence-corrected chi connectivity index (χ4v) is 3.75. The summed E-state index contributed by atoms with van der Waals surface area (Å²) in [6.07, 6.45) is 1.57. The number of halogens is 2. The molecule has 1 fully saturated rings. The summed E-state index contributed by atoms with van der Waals surface area (Å²) in [6, 6.07) is 13.5. The number of aliphatic imine (C=N–C) groups is 1. The van der Waals surface area contributed by atoms with Crippen molar-refractivity contribution in [2.24, 2.45) is 4.99 Å². The van der Waals surface area contributed by atoms with Crippen LogP contribution in [0.5, 0.6) is 0 Å². The normalized spacial score (nSPS) is 16.3. The summed E-state index contributed by atoms with van der Waals surface area (Å²) in [6.45, 7) is 0. The Morgan fingerprint density at radius 1 is 1.17 bits per heavy atom. The first-order valence-electron chi connectivity index (χ1n) is 8.57. The molecule has 0 radical (unpaired) electrons. The van der Waals surface area contributed by atoms with Crippen molar-refractivity contribution in [1.82, 2.24) is 5.32 Å². The first-order chi connectivity index (χ1) is 14.4. The molecule has 1 amide bonds. The molecule has 2 aromatic carbocycles. The Morgan fingerprint density at radius 2 is 1.93 bits per heavy atom. The second kappa shape index (κ2) is 8.17. The van der Waals surface area contributed by atoms with Crippen LogP contribution in [0.15, 0.2) is 68.9 Å². The van der Waals surface area contributed by atoms with Gasteiger partial charge in [0.1, 0.15) is 17.3 Å². The van der Waals surface area contributed by atoms with Crippen LogP contribution in [0.3, 0.4) is 0 Å². The van der Waals surface area contributed by atoms with Crippen LogP contribution in [0, 0.1) is 5.82 Å². The molecule has 6 nitrogen and oxygen atoms in total. The van der Waals surface area contributed by atoms with Gasteiger partial charge in [0.15, 0.2) is 5.17 Å². The lowest BCUT2D eigenvalue weighted by atomic mass is 10.1.